The van der Waals surface area contributed by atoms with Gasteiger partial charge in [0, 0.05) is 25.4 Å². The SMILES string of the molecule is CC(CNC(=O)Cn1nc2n(c1=O)CCCCC2)c1nc2ccccc2s1. The van der Waals surface area contributed by atoms with E-state index in [-0.39, 0.29) is 24.1 Å². The van der Waals surface area contributed by atoms with E-state index in [0.29, 0.717) is 13.1 Å². The Kier molecular flexibility index (Phi) is 5.07. The van der Waals surface area contributed by atoms with Gasteiger partial charge in [-0.3, -0.25) is 9.36 Å². The summed E-state index contributed by atoms with van der Waals surface area (Å²) in [7, 11) is 0. The largest absolute Gasteiger partial charge is 0.354 e. The fourth-order valence-corrected chi connectivity index (χ4v) is 4.39. The van der Waals surface area contributed by atoms with E-state index < -0.39 is 0 Å². The number of thiazole rings is 1. The van der Waals surface area contributed by atoms with E-state index in [9.17, 15) is 9.59 Å². The summed E-state index contributed by atoms with van der Waals surface area (Å²) in [5, 5.41) is 8.28. The van der Waals surface area contributed by atoms with Crippen molar-refractivity contribution in [1.29, 1.82) is 0 Å². The first kappa shape index (κ1) is 17.9. The van der Waals surface area contributed by atoms with Gasteiger partial charge in [-0.05, 0) is 25.0 Å². The number of nitrogens with one attached hydrogen (secondary N) is 1. The molecule has 8 heteroatoms. The van der Waals surface area contributed by atoms with Crippen molar-refractivity contribution in [2.45, 2.75) is 51.6 Å². The molecule has 1 amide bonds. The van der Waals surface area contributed by atoms with Crippen molar-refractivity contribution >= 4 is 27.5 Å². The third-order valence-corrected chi connectivity index (χ3v) is 6.18. The maximum absolute atomic E-state index is 12.4. The van der Waals surface area contributed by atoms with Crippen LogP contribution in [0.1, 0.15) is 42.9 Å². The van der Waals surface area contributed by atoms with Crippen LogP contribution in [0.3, 0.4) is 0 Å². The zero-order chi connectivity index (χ0) is 18.8. The lowest BCUT2D eigenvalue weighted by molar-refractivity contribution is -0.121. The topological polar surface area (TPSA) is 81.8 Å². The first-order chi connectivity index (χ1) is 13.1. The monoisotopic (exact) mass is 385 g/mol. The first-order valence-corrected chi connectivity index (χ1v) is 10.2. The number of rotatable bonds is 5. The van der Waals surface area contributed by atoms with E-state index in [4.69, 9.17) is 0 Å². The van der Waals surface area contributed by atoms with Crippen molar-refractivity contribution < 1.29 is 4.79 Å². The third kappa shape index (κ3) is 3.80. The molecule has 0 bridgehead atoms. The summed E-state index contributed by atoms with van der Waals surface area (Å²) in [6.45, 7) is 3.19. The average Bonchev–Trinajstić information content (AvgIpc) is 3.13. The van der Waals surface area contributed by atoms with E-state index >= 15 is 0 Å². The quantitative estimate of drug-likeness (QED) is 0.731. The van der Waals surface area contributed by atoms with Gasteiger partial charge in [-0.15, -0.1) is 11.3 Å². The second kappa shape index (κ2) is 7.64. The van der Waals surface area contributed by atoms with Crippen LogP contribution in [0.15, 0.2) is 29.1 Å². The van der Waals surface area contributed by atoms with Crippen molar-refractivity contribution in [2.75, 3.05) is 6.54 Å². The van der Waals surface area contributed by atoms with Crippen LogP contribution >= 0.6 is 11.3 Å². The predicted molar refractivity (Wildman–Crippen MR) is 105 cm³/mol. The molecule has 7 nitrogen and oxygen atoms in total. The molecule has 142 valence electrons. The van der Waals surface area contributed by atoms with Crippen molar-refractivity contribution in [3.05, 3.63) is 45.6 Å². The molecule has 0 fully saturated rings. The number of fused-ring (bicyclic) bond motifs is 2. The molecule has 0 aliphatic carbocycles. The van der Waals surface area contributed by atoms with Gasteiger partial charge in [0.25, 0.3) is 0 Å². The van der Waals surface area contributed by atoms with Crippen LogP contribution < -0.4 is 11.0 Å². The van der Waals surface area contributed by atoms with Crippen molar-refractivity contribution in [2.24, 2.45) is 0 Å². The molecule has 3 aromatic rings. The van der Waals surface area contributed by atoms with Gasteiger partial charge in [0.05, 0.1) is 15.2 Å². The molecular weight excluding hydrogens is 362 g/mol. The molecule has 1 aliphatic rings. The highest BCUT2D eigenvalue weighted by molar-refractivity contribution is 7.18. The molecule has 0 spiro atoms. The van der Waals surface area contributed by atoms with E-state index in [1.807, 2.05) is 25.1 Å². The van der Waals surface area contributed by atoms with Crippen molar-refractivity contribution in [3.8, 4) is 0 Å². The second-order valence-electron chi connectivity index (χ2n) is 7.04. The summed E-state index contributed by atoms with van der Waals surface area (Å²) < 4.78 is 4.15. The van der Waals surface area contributed by atoms with Crippen molar-refractivity contribution in [3.63, 3.8) is 0 Å². The Morgan fingerprint density at radius 2 is 2.15 bits per heavy atom. The normalized spacial score (nSPS) is 15.3. The van der Waals surface area contributed by atoms with Gasteiger partial charge in [0.15, 0.2) is 0 Å². The fourth-order valence-electron chi connectivity index (χ4n) is 3.38. The highest BCUT2D eigenvalue weighted by Gasteiger charge is 2.18. The molecule has 3 heterocycles. The Hall–Kier alpha value is -2.48. The van der Waals surface area contributed by atoms with Gasteiger partial charge < -0.3 is 5.32 Å². The molecule has 0 radical (unpaired) electrons. The maximum atomic E-state index is 12.4. The van der Waals surface area contributed by atoms with Crippen LogP contribution in [-0.2, 0) is 24.3 Å². The summed E-state index contributed by atoms with van der Waals surface area (Å²) in [6, 6.07) is 8.02. The summed E-state index contributed by atoms with van der Waals surface area (Å²) in [5.41, 5.74) is 0.808. The second-order valence-corrected chi connectivity index (χ2v) is 8.11. The zero-order valence-corrected chi connectivity index (χ0v) is 16.2. The average molecular weight is 385 g/mol. The highest BCUT2D eigenvalue weighted by atomic mass is 32.1. The molecule has 1 unspecified atom stereocenters. The van der Waals surface area contributed by atoms with Gasteiger partial charge in [0.1, 0.15) is 12.4 Å². The van der Waals surface area contributed by atoms with E-state index in [1.54, 1.807) is 15.9 Å². The standard InChI is InChI=1S/C19H23N5O2S/c1-13(18-21-14-7-4-5-8-15(14)27-18)11-20-17(25)12-24-19(26)23-10-6-2-3-9-16(23)22-24/h4-5,7-8,13H,2-3,6,9-12H2,1H3,(H,20,25). The minimum Gasteiger partial charge on any atom is -0.354 e. The van der Waals surface area contributed by atoms with Gasteiger partial charge in [-0.25, -0.2) is 14.5 Å². The molecule has 1 aromatic carbocycles. The number of benzene rings is 1. The smallest absolute Gasteiger partial charge is 0.346 e. The molecule has 1 aliphatic heterocycles. The molecular formula is C19H23N5O2S. The number of hydrogen-bond acceptors (Lipinski definition) is 5. The summed E-state index contributed by atoms with van der Waals surface area (Å²) in [4.78, 5) is 29.4. The minimum absolute atomic E-state index is 0.0363. The Balaban J connectivity index is 1.37. The Morgan fingerprint density at radius 3 is 3.00 bits per heavy atom. The highest BCUT2D eigenvalue weighted by Crippen LogP contribution is 2.26. The lowest BCUT2D eigenvalue weighted by Crippen LogP contribution is -2.35. The number of carbonyl (C=O) groups excluding carboxylic acids is 1. The van der Waals surface area contributed by atoms with Crippen LogP contribution in [0.4, 0.5) is 0 Å². The molecule has 1 atom stereocenters. The number of aryl methyl sites for hydroxylation is 1. The molecule has 0 saturated heterocycles. The summed E-state index contributed by atoms with van der Waals surface area (Å²) in [6.07, 6.45) is 3.96. The van der Waals surface area contributed by atoms with E-state index in [2.05, 4.69) is 21.5 Å². The lowest BCUT2D eigenvalue weighted by Gasteiger charge is -2.09. The zero-order valence-electron chi connectivity index (χ0n) is 15.4. The fraction of sp³-hybridized carbons (Fsp3) is 0.474. The number of para-hydroxylation sites is 1. The summed E-state index contributed by atoms with van der Waals surface area (Å²) in [5.74, 6) is 0.716. The summed E-state index contributed by atoms with van der Waals surface area (Å²) >= 11 is 1.65. The minimum atomic E-state index is -0.196. The van der Waals surface area contributed by atoms with Crippen LogP contribution in [0.2, 0.25) is 0 Å². The number of hydrogen-bond donors (Lipinski definition) is 1. The van der Waals surface area contributed by atoms with Gasteiger partial charge in [-0.2, -0.15) is 5.10 Å². The van der Waals surface area contributed by atoms with Crippen LogP contribution in [0, 0.1) is 0 Å². The van der Waals surface area contributed by atoms with Gasteiger partial charge in [0.2, 0.25) is 5.91 Å². The van der Waals surface area contributed by atoms with Gasteiger partial charge in [-0.1, -0.05) is 25.5 Å². The molecule has 1 N–H and O–H groups in total. The van der Waals surface area contributed by atoms with Gasteiger partial charge >= 0.3 is 5.69 Å². The first-order valence-electron chi connectivity index (χ1n) is 9.40. The van der Waals surface area contributed by atoms with Crippen LogP contribution in [0.25, 0.3) is 10.2 Å². The number of nitrogens with zero attached hydrogens (tertiary/aromatic N) is 4. The van der Waals surface area contributed by atoms with E-state index in [1.165, 1.54) is 4.68 Å². The van der Waals surface area contributed by atoms with Crippen molar-refractivity contribution in [1.82, 2.24) is 24.6 Å². The number of aromatic nitrogens is 4. The predicted octanol–water partition coefficient (Wildman–Crippen LogP) is 2.30. The molecule has 4 rings (SSSR count). The maximum Gasteiger partial charge on any atom is 0.346 e. The Morgan fingerprint density at radius 1 is 1.30 bits per heavy atom. The number of amides is 1. The van der Waals surface area contributed by atoms with Crippen LogP contribution in [0.5, 0.6) is 0 Å². The molecule has 2 aromatic heterocycles. The molecule has 0 saturated carbocycles. The lowest BCUT2D eigenvalue weighted by atomic mass is 10.2. The molecule has 27 heavy (non-hydrogen) atoms. The number of carbonyl (C=O) groups is 1. The van der Waals surface area contributed by atoms with Crippen LogP contribution in [-0.4, -0.2) is 31.8 Å². The Labute approximate surface area is 161 Å². The van der Waals surface area contributed by atoms with E-state index in [0.717, 1.165) is 46.7 Å². The Bertz CT molecular complexity index is 986. The third-order valence-electron chi connectivity index (χ3n) is 4.91.